The second-order valence-electron chi connectivity index (χ2n) is 6.70. The van der Waals surface area contributed by atoms with Crippen molar-refractivity contribution >= 4 is 11.7 Å². The third-order valence-corrected chi connectivity index (χ3v) is 4.77. The molecule has 6 heteroatoms. The monoisotopic (exact) mass is 401 g/mol. The number of hydrogen-bond acceptors (Lipinski definition) is 3. The van der Waals surface area contributed by atoms with Crippen molar-refractivity contribution < 1.29 is 13.9 Å². The average Bonchev–Trinajstić information content (AvgIpc) is 3.27. The summed E-state index contributed by atoms with van der Waals surface area (Å²) in [4.78, 5) is 15.0. The van der Waals surface area contributed by atoms with Gasteiger partial charge in [0.15, 0.2) is 5.82 Å². The van der Waals surface area contributed by atoms with Crippen molar-refractivity contribution in [3.05, 3.63) is 102 Å². The van der Waals surface area contributed by atoms with Gasteiger partial charge in [-0.1, -0.05) is 54.6 Å². The zero-order chi connectivity index (χ0) is 20.9. The Hall–Kier alpha value is -3.93. The molecule has 30 heavy (non-hydrogen) atoms. The Kier molecular flexibility index (Phi) is 5.57. The van der Waals surface area contributed by atoms with Gasteiger partial charge in [0.2, 0.25) is 0 Å². The number of anilines is 1. The van der Waals surface area contributed by atoms with Crippen LogP contribution < -0.4 is 9.64 Å². The number of benzene rings is 3. The Balaban J connectivity index is 1.74. The second-order valence-corrected chi connectivity index (χ2v) is 6.70. The molecule has 0 bridgehead atoms. The van der Waals surface area contributed by atoms with Crippen LogP contribution in [0.15, 0.2) is 84.9 Å². The number of carbonyl (C=O) groups is 1. The molecule has 0 atom stereocenters. The Labute approximate surface area is 173 Å². The molecule has 1 heterocycles. The predicted molar refractivity (Wildman–Crippen MR) is 114 cm³/mol. The highest BCUT2D eigenvalue weighted by Gasteiger charge is 2.24. The van der Waals surface area contributed by atoms with Gasteiger partial charge in [0.1, 0.15) is 11.6 Å². The largest absolute Gasteiger partial charge is 0.496 e. The van der Waals surface area contributed by atoms with Crippen molar-refractivity contribution in [1.29, 1.82) is 0 Å². The van der Waals surface area contributed by atoms with E-state index in [9.17, 15) is 9.18 Å². The summed E-state index contributed by atoms with van der Waals surface area (Å²) in [6, 6.07) is 24.8. The van der Waals surface area contributed by atoms with Crippen LogP contribution in [0.1, 0.15) is 15.9 Å². The van der Waals surface area contributed by atoms with Gasteiger partial charge in [0, 0.05) is 11.6 Å². The molecule has 0 aliphatic carbocycles. The summed E-state index contributed by atoms with van der Waals surface area (Å²) in [6.45, 7) is 0.305. The van der Waals surface area contributed by atoms with Crippen LogP contribution >= 0.6 is 0 Å². The van der Waals surface area contributed by atoms with Crippen LogP contribution in [0.5, 0.6) is 5.75 Å². The maximum Gasteiger partial charge on any atom is 0.263 e. The van der Waals surface area contributed by atoms with Crippen molar-refractivity contribution in [2.75, 3.05) is 12.0 Å². The standard InChI is InChI=1S/C24H20FN3O2/c1-30-22-14-8-6-12-19(22)24(29)28(16-17-9-3-2-4-10-17)23-15-21(26-27-23)18-11-5-7-13-20(18)25/h2-15H,16H2,1H3,(H,26,27). The van der Waals surface area contributed by atoms with Gasteiger partial charge in [0.25, 0.3) is 5.91 Å². The summed E-state index contributed by atoms with van der Waals surface area (Å²) in [5.41, 5.74) is 2.25. The van der Waals surface area contributed by atoms with Gasteiger partial charge in [0.05, 0.1) is 24.9 Å². The fraction of sp³-hybridized carbons (Fsp3) is 0.0833. The molecule has 0 saturated heterocycles. The van der Waals surface area contributed by atoms with Crippen LogP contribution in [0.3, 0.4) is 0 Å². The van der Waals surface area contributed by atoms with Crippen molar-refractivity contribution in [2.24, 2.45) is 0 Å². The molecule has 0 fully saturated rings. The molecule has 4 aromatic rings. The Morgan fingerprint density at radius 3 is 2.47 bits per heavy atom. The van der Waals surface area contributed by atoms with E-state index < -0.39 is 0 Å². The minimum atomic E-state index is -0.363. The van der Waals surface area contributed by atoms with E-state index in [-0.39, 0.29) is 11.7 Å². The van der Waals surface area contributed by atoms with E-state index in [4.69, 9.17) is 4.74 Å². The molecule has 4 rings (SSSR count). The number of ether oxygens (including phenoxy) is 1. The SMILES string of the molecule is COc1ccccc1C(=O)N(Cc1ccccc1)c1cc(-c2ccccc2F)[nH]n1. The van der Waals surface area contributed by atoms with E-state index in [0.29, 0.717) is 34.9 Å². The number of methoxy groups -OCH3 is 1. The van der Waals surface area contributed by atoms with Gasteiger partial charge in [-0.05, 0) is 29.8 Å². The summed E-state index contributed by atoms with van der Waals surface area (Å²) in [5.74, 6) is 0.250. The second kappa shape index (κ2) is 8.61. The first-order chi connectivity index (χ1) is 14.7. The summed E-state index contributed by atoms with van der Waals surface area (Å²) in [5, 5.41) is 7.15. The zero-order valence-electron chi connectivity index (χ0n) is 16.4. The molecule has 0 radical (unpaired) electrons. The summed E-state index contributed by atoms with van der Waals surface area (Å²) >= 11 is 0. The first-order valence-corrected chi connectivity index (χ1v) is 9.46. The maximum absolute atomic E-state index is 14.2. The van der Waals surface area contributed by atoms with Gasteiger partial charge in [-0.25, -0.2) is 4.39 Å². The van der Waals surface area contributed by atoms with Crippen LogP contribution in [-0.4, -0.2) is 23.2 Å². The number of aromatic amines is 1. The minimum absolute atomic E-state index is 0.261. The first-order valence-electron chi connectivity index (χ1n) is 9.46. The molecule has 5 nitrogen and oxygen atoms in total. The molecule has 0 aliphatic rings. The lowest BCUT2D eigenvalue weighted by molar-refractivity contribution is 0.0981. The maximum atomic E-state index is 14.2. The predicted octanol–water partition coefficient (Wildman–Crippen LogP) is 5.07. The van der Waals surface area contributed by atoms with Crippen molar-refractivity contribution in [3.63, 3.8) is 0 Å². The highest BCUT2D eigenvalue weighted by atomic mass is 19.1. The van der Waals surface area contributed by atoms with Crippen molar-refractivity contribution in [3.8, 4) is 17.0 Å². The number of halogens is 1. The number of aromatic nitrogens is 2. The lowest BCUT2D eigenvalue weighted by atomic mass is 10.1. The lowest BCUT2D eigenvalue weighted by Crippen LogP contribution is -2.31. The molecule has 0 unspecified atom stereocenters. The normalized spacial score (nSPS) is 10.6. The average molecular weight is 401 g/mol. The molecule has 1 aromatic heterocycles. The fourth-order valence-corrected chi connectivity index (χ4v) is 3.26. The Morgan fingerprint density at radius 2 is 1.70 bits per heavy atom. The number of carbonyl (C=O) groups excluding carboxylic acids is 1. The molecular weight excluding hydrogens is 381 g/mol. The van der Waals surface area contributed by atoms with E-state index >= 15 is 0 Å². The van der Waals surface area contributed by atoms with E-state index in [0.717, 1.165) is 5.56 Å². The Bertz CT molecular complexity index is 1160. The molecule has 0 spiro atoms. The van der Waals surface area contributed by atoms with E-state index in [1.807, 2.05) is 36.4 Å². The molecule has 1 N–H and O–H groups in total. The lowest BCUT2D eigenvalue weighted by Gasteiger charge is -2.21. The van der Waals surface area contributed by atoms with Crippen LogP contribution in [0.4, 0.5) is 10.2 Å². The van der Waals surface area contributed by atoms with E-state index in [1.54, 1.807) is 47.4 Å². The Morgan fingerprint density at radius 1 is 1.00 bits per heavy atom. The van der Waals surface area contributed by atoms with Crippen LogP contribution in [0, 0.1) is 5.82 Å². The van der Waals surface area contributed by atoms with E-state index in [1.165, 1.54) is 13.2 Å². The highest BCUT2D eigenvalue weighted by Crippen LogP contribution is 2.28. The summed E-state index contributed by atoms with van der Waals surface area (Å²) in [7, 11) is 1.53. The molecule has 1 amide bonds. The van der Waals surface area contributed by atoms with Crippen molar-refractivity contribution in [2.45, 2.75) is 6.54 Å². The smallest absolute Gasteiger partial charge is 0.263 e. The number of H-pyrrole nitrogens is 1. The molecular formula is C24H20FN3O2. The number of nitrogens with one attached hydrogen (secondary N) is 1. The molecule has 3 aromatic carbocycles. The third kappa shape index (κ3) is 3.93. The van der Waals surface area contributed by atoms with Gasteiger partial charge in [-0.3, -0.25) is 14.8 Å². The van der Waals surface area contributed by atoms with Crippen LogP contribution in [-0.2, 0) is 6.54 Å². The molecule has 150 valence electrons. The number of rotatable bonds is 6. The number of para-hydroxylation sites is 1. The topological polar surface area (TPSA) is 58.2 Å². The van der Waals surface area contributed by atoms with Gasteiger partial charge in [-0.15, -0.1) is 0 Å². The summed E-state index contributed by atoms with van der Waals surface area (Å²) in [6.07, 6.45) is 0. The summed E-state index contributed by atoms with van der Waals surface area (Å²) < 4.78 is 19.6. The number of amides is 1. The minimum Gasteiger partial charge on any atom is -0.496 e. The number of nitrogens with zero attached hydrogens (tertiary/aromatic N) is 2. The van der Waals surface area contributed by atoms with Crippen molar-refractivity contribution in [1.82, 2.24) is 10.2 Å². The third-order valence-electron chi connectivity index (χ3n) is 4.77. The van der Waals surface area contributed by atoms with Crippen LogP contribution in [0.25, 0.3) is 11.3 Å². The fourth-order valence-electron chi connectivity index (χ4n) is 3.26. The number of hydrogen-bond donors (Lipinski definition) is 1. The van der Waals surface area contributed by atoms with Gasteiger partial charge < -0.3 is 4.74 Å². The van der Waals surface area contributed by atoms with Gasteiger partial charge >= 0.3 is 0 Å². The quantitative estimate of drug-likeness (QED) is 0.491. The van der Waals surface area contributed by atoms with Gasteiger partial charge in [-0.2, -0.15) is 5.10 Å². The molecule has 0 aliphatic heterocycles. The first kappa shape index (κ1) is 19.4. The highest BCUT2D eigenvalue weighted by molar-refractivity contribution is 6.07. The van der Waals surface area contributed by atoms with E-state index in [2.05, 4.69) is 10.2 Å². The van der Waals surface area contributed by atoms with Crippen LogP contribution in [0.2, 0.25) is 0 Å². The molecule has 0 saturated carbocycles. The zero-order valence-corrected chi connectivity index (χ0v) is 16.4.